The molecule has 0 radical (unpaired) electrons. The molecule has 0 amide bonds. The zero-order chi connectivity index (χ0) is 19.0. The van der Waals surface area contributed by atoms with E-state index in [2.05, 4.69) is 20.7 Å². The van der Waals surface area contributed by atoms with Crippen LogP contribution in [0.4, 0.5) is 26.3 Å². The molecule has 25 heavy (non-hydrogen) atoms. The zero-order valence-corrected chi connectivity index (χ0v) is 13.7. The molecule has 0 saturated carbocycles. The van der Waals surface area contributed by atoms with Crippen molar-refractivity contribution < 1.29 is 36.2 Å². The number of halogens is 7. The van der Waals surface area contributed by atoms with E-state index in [1.54, 1.807) is 0 Å². The highest BCUT2D eigenvalue weighted by Gasteiger charge is 2.37. The molecular weight excluding hydrogens is 420 g/mol. The van der Waals surface area contributed by atoms with Gasteiger partial charge in [-0.05, 0) is 45.8 Å². The first-order chi connectivity index (χ1) is 11.4. The Morgan fingerprint density at radius 3 is 2.00 bits per heavy atom. The Morgan fingerprint density at radius 1 is 0.960 bits per heavy atom. The summed E-state index contributed by atoms with van der Waals surface area (Å²) >= 11 is 2.91. The lowest BCUT2D eigenvalue weighted by Crippen LogP contribution is -2.19. The molecule has 136 valence electrons. The van der Waals surface area contributed by atoms with Crippen molar-refractivity contribution in [1.82, 2.24) is 0 Å². The van der Waals surface area contributed by atoms with Crippen LogP contribution < -0.4 is 10.5 Å². The van der Waals surface area contributed by atoms with Gasteiger partial charge in [0.05, 0.1) is 16.1 Å². The maximum Gasteiger partial charge on any atom is 0.573 e. The monoisotopic (exact) mass is 429 g/mol. The first-order valence-electron chi connectivity index (χ1n) is 6.60. The summed E-state index contributed by atoms with van der Waals surface area (Å²) < 4.78 is 79.6. The van der Waals surface area contributed by atoms with Gasteiger partial charge < -0.3 is 15.6 Å². The Labute approximate surface area is 146 Å². The van der Waals surface area contributed by atoms with Crippen LogP contribution in [0.5, 0.6) is 11.5 Å². The van der Waals surface area contributed by atoms with Crippen LogP contribution in [0.25, 0.3) is 0 Å². The van der Waals surface area contributed by atoms with Gasteiger partial charge in [-0.3, -0.25) is 0 Å². The summed E-state index contributed by atoms with van der Waals surface area (Å²) in [4.78, 5) is 0. The van der Waals surface area contributed by atoms with Gasteiger partial charge in [-0.25, -0.2) is 0 Å². The molecule has 0 aliphatic carbocycles. The van der Waals surface area contributed by atoms with Crippen molar-refractivity contribution in [3.63, 3.8) is 0 Å². The third kappa shape index (κ3) is 4.57. The third-order valence-electron chi connectivity index (χ3n) is 3.26. The summed E-state index contributed by atoms with van der Waals surface area (Å²) in [6, 6.07) is 4.37. The molecular formula is C15H10BrF6NO2. The molecule has 3 nitrogen and oxygen atoms in total. The van der Waals surface area contributed by atoms with Crippen molar-refractivity contribution in [2.45, 2.75) is 18.6 Å². The summed E-state index contributed by atoms with van der Waals surface area (Å²) in [5.74, 6) is -1.24. The van der Waals surface area contributed by atoms with Crippen LogP contribution in [-0.2, 0) is 6.18 Å². The van der Waals surface area contributed by atoms with Gasteiger partial charge in [0.15, 0.2) is 0 Å². The quantitative estimate of drug-likeness (QED) is 0.665. The Morgan fingerprint density at radius 2 is 1.52 bits per heavy atom. The number of phenols is 1. The lowest BCUT2D eigenvalue weighted by atomic mass is 9.94. The van der Waals surface area contributed by atoms with E-state index in [1.807, 2.05) is 0 Å². The lowest BCUT2D eigenvalue weighted by molar-refractivity contribution is -0.274. The van der Waals surface area contributed by atoms with Crippen molar-refractivity contribution in [3.05, 3.63) is 57.6 Å². The number of alkyl halides is 6. The second kappa shape index (κ2) is 6.75. The molecule has 0 spiro atoms. The molecule has 2 rings (SSSR count). The van der Waals surface area contributed by atoms with E-state index in [0.717, 1.165) is 36.4 Å². The average molecular weight is 430 g/mol. The molecule has 0 aromatic heterocycles. The first-order valence-corrected chi connectivity index (χ1v) is 7.39. The smallest absolute Gasteiger partial charge is 0.506 e. The Hall–Kier alpha value is -1.94. The lowest BCUT2D eigenvalue weighted by Gasteiger charge is -2.21. The molecule has 0 unspecified atom stereocenters. The Kier molecular flexibility index (Phi) is 5.24. The molecule has 1 atom stereocenters. The van der Waals surface area contributed by atoms with E-state index in [9.17, 15) is 31.4 Å². The summed E-state index contributed by atoms with van der Waals surface area (Å²) in [5.41, 5.74) is 4.15. The molecule has 0 fully saturated rings. The van der Waals surface area contributed by atoms with Crippen LogP contribution in [0.2, 0.25) is 0 Å². The number of benzene rings is 2. The minimum absolute atomic E-state index is 0.00275. The minimum Gasteiger partial charge on any atom is -0.506 e. The zero-order valence-electron chi connectivity index (χ0n) is 12.1. The predicted molar refractivity (Wildman–Crippen MR) is 80.0 cm³/mol. The molecule has 0 saturated heterocycles. The summed E-state index contributed by atoms with van der Waals surface area (Å²) in [6.45, 7) is 0. The number of aromatic hydroxyl groups is 1. The molecule has 2 aromatic carbocycles. The van der Waals surface area contributed by atoms with Crippen LogP contribution >= 0.6 is 15.9 Å². The van der Waals surface area contributed by atoms with Crippen molar-refractivity contribution in [2.75, 3.05) is 0 Å². The number of phenolic OH excluding ortho intramolecular Hbond substituents is 1. The fraction of sp³-hybridized carbons (Fsp3) is 0.200. The van der Waals surface area contributed by atoms with E-state index >= 15 is 0 Å². The number of rotatable bonds is 3. The number of hydrogen-bond donors (Lipinski definition) is 2. The molecule has 0 bridgehead atoms. The first kappa shape index (κ1) is 19.4. The normalized spacial score (nSPS) is 13.6. The summed E-state index contributed by atoms with van der Waals surface area (Å²) in [5, 5.41) is 9.98. The van der Waals surface area contributed by atoms with Gasteiger partial charge in [0.25, 0.3) is 0 Å². The summed E-state index contributed by atoms with van der Waals surface area (Å²) in [7, 11) is 0. The Balaban J connectivity index is 2.44. The topological polar surface area (TPSA) is 55.5 Å². The van der Waals surface area contributed by atoms with Gasteiger partial charge in [-0.2, -0.15) is 13.2 Å². The van der Waals surface area contributed by atoms with Gasteiger partial charge in [0.1, 0.15) is 11.5 Å². The van der Waals surface area contributed by atoms with Crippen molar-refractivity contribution >= 4 is 15.9 Å². The average Bonchev–Trinajstić information content (AvgIpc) is 2.47. The molecule has 0 aliphatic heterocycles. The molecule has 3 N–H and O–H groups in total. The van der Waals surface area contributed by atoms with Crippen LogP contribution in [0.3, 0.4) is 0 Å². The third-order valence-corrected chi connectivity index (χ3v) is 3.90. The standard InChI is InChI=1S/C15H10BrF6NO2/c16-10-6-5-9(14(17,18)19)11(13(10)24)12(23)7-1-3-8(4-2-7)25-15(20,21)22/h1-6,12,24H,23H2/t12-/m0/s1. The Bertz CT molecular complexity index is 758. The van der Waals surface area contributed by atoms with E-state index in [0.29, 0.717) is 0 Å². The van der Waals surface area contributed by atoms with Gasteiger partial charge in [-0.15, -0.1) is 13.2 Å². The van der Waals surface area contributed by atoms with Crippen molar-refractivity contribution in [2.24, 2.45) is 5.73 Å². The maximum absolute atomic E-state index is 13.2. The number of ether oxygens (including phenoxy) is 1. The number of hydrogen-bond acceptors (Lipinski definition) is 3. The van der Waals surface area contributed by atoms with Gasteiger partial charge >= 0.3 is 12.5 Å². The second-order valence-corrected chi connectivity index (χ2v) is 5.80. The fourth-order valence-electron chi connectivity index (χ4n) is 2.19. The van der Waals surface area contributed by atoms with E-state index in [4.69, 9.17) is 5.73 Å². The van der Waals surface area contributed by atoms with Gasteiger partial charge in [-0.1, -0.05) is 12.1 Å². The van der Waals surface area contributed by atoms with Crippen LogP contribution in [0.1, 0.15) is 22.7 Å². The highest BCUT2D eigenvalue weighted by Crippen LogP contribution is 2.43. The molecule has 0 aliphatic rings. The molecule has 0 heterocycles. The highest BCUT2D eigenvalue weighted by molar-refractivity contribution is 9.10. The van der Waals surface area contributed by atoms with E-state index in [1.165, 1.54) is 0 Å². The highest BCUT2D eigenvalue weighted by atomic mass is 79.9. The SMILES string of the molecule is N[C@@H](c1ccc(OC(F)(F)F)cc1)c1c(C(F)(F)F)ccc(Br)c1O. The van der Waals surface area contributed by atoms with Crippen LogP contribution in [0.15, 0.2) is 40.9 Å². The van der Waals surface area contributed by atoms with Crippen LogP contribution in [0, 0.1) is 0 Å². The second-order valence-electron chi connectivity index (χ2n) is 4.95. The maximum atomic E-state index is 13.2. The predicted octanol–water partition coefficient (Wildman–Crippen LogP) is 5.12. The molecule has 2 aromatic rings. The molecule has 10 heteroatoms. The van der Waals surface area contributed by atoms with Crippen LogP contribution in [-0.4, -0.2) is 11.5 Å². The minimum atomic E-state index is -4.89. The fourth-order valence-corrected chi connectivity index (χ4v) is 2.53. The van der Waals surface area contributed by atoms with Crippen molar-refractivity contribution in [1.29, 1.82) is 0 Å². The summed E-state index contributed by atoms with van der Waals surface area (Å²) in [6.07, 6.45) is -9.67. The van der Waals surface area contributed by atoms with E-state index < -0.39 is 41.2 Å². The largest absolute Gasteiger partial charge is 0.573 e. The van der Waals surface area contributed by atoms with E-state index in [-0.39, 0.29) is 10.0 Å². The van der Waals surface area contributed by atoms with Gasteiger partial charge in [0, 0.05) is 5.56 Å². The van der Waals surface area contributed by atoms with Crippen molar-refractivity contribution in [3.8, 4) is 11.5 Å². The number of nitrogens with two attached hydrogens (primary N) is 1. The van der Waals surface area contributed by atoms with Gasteiger partial charge in [0.2, 0.25) is 0 Å².